The van der Waals surface area contributed by atoms with Gasteiger partial charge >= 0.3 is 0 Å². The molecule has 2 heterocycles. The highest BCUT2D eigenvalue weighted by Gasteiger charge is 2.38. The van der Waals surface area contributed by atoms with E-state index >= 15 is 0 Å². The van der Waals surface area contributed by atoms with Crippen LogP contribution in [0.5, 0.6) is 0 Å². The second-order valence-electron chi connectivity index (χ2n) is 16.5. The van der Waals surface area contributed by atoms with Crippen molar-refractivity contribution in [3.63, 3.8) is 0 Å². The molecule has 0 aliphatic heterocycles. The lowest BCUT2D eigenvalue weighted by molar-refractivity contribution is 0.745. The van der Waals surface area contributed by atoms with Gasteiger partial charge in [-0.2, -0.15) is 0 Å². The summed E-state index contributed by atoms with van der Waals surface area (Å²) in [6, 6.07) is 93.2. The van der Waals surface area contributed by atoms with Gasteiger partial charge < -0.3 is 9.13 Å². The Kier molecular flexibility index (Phi) is 8.76. The smallest absolute Gasteiger partial charge is 0.0701 e. The molecule has 10 aromatic carbocycles. The van der Waals surface area contributed by atoms with Gasteiger partial charge in [-0.1, -0.05) is 206 Å². The fourth-order valence-corrected chi connectivity index (χ4v) is 10.2. The van der Waals surface area contributed by atoms with Crippen LogP contribution in [0.1, 0.15) is 22.3 Å². The Balaban J connectivity index is 0.916. The van der Waals surface area contributed by atoms with Gasteiger partial charge in [0, 0.05) is 32.9 Å². The van der Waals surface area contributed by atoms with Crippen LogP contribution in [0.2, 0.25) is 0 Å². The molecule has 0 N–H and O–H groups in total. The number of nitrogens with zero attached hydrogens (tertiary/aromatic N) is 2. The molecule has 0 amide bonds. The Labute approximate surface area is 367 Å². The highest BCUT2D eigenvalue weighted by atomic mass is 15.0. The highest BCUT2D eigenvalue weighted by Crippen LogP contribution is 2.46. The van der Waals surface area contributed by atoms with Gasteiger partial charge in [-0.05, 0) is 93.0 Å². The van der Waals surface area contributed by atoms with Crippen molar-refractivity contribution < 1.29 is 0 Å². The monoisotopic (exact) mass is 802 g/mol. The van der Waals surface area contributed by atoms with Gasteiger partial charge in [0.2, 0.25) is 0 Å². The second kappa shape index (κ2) is 15.1. The molecule has 0 saturated carbocycles. The van der Waals surface area contributed by atoms with Gasteiger partial charge in [-0.15, -0.1) is 0 Å². The minimum Gasteiger partial charge on any atom is -0.309 e. The van der Waals surface area contributed by atoms with E-state index in [2.05, 4.69) is 264 Å². The first-order valence-corrected chi connectivity index (χ1v) is 21.8. The lowest BCUT2D eigenvalue weighted by atomic mass is 9.65. The maximum atomic E-state index is 2.37. The molecule has 12 rings (SSSR count). The van der Waals surface area contributed by atoms with Crippen molar-refractivity contribution in [2.24, 2.45) is 0 Å². The Hall–Kier alpha value is -8.20. The molecule has 2 aromatic heterocycles. The molecule has 0 atom stereocenters. The van der Waals surface area contributed by atoms with Crippen molar-refractivity contribution in [2.75, 3.05) is 0 Å². The van der Waals surface area contributed by atoms with E-state index < -0.39 is 5.41 Å². The first-order chi connectivity index (χ1) is 31.3. The third kappa shape index (κ3) is 5.95. The van der Waals surface area contributed by atoms with Crippen LogP contribution in [0, 0.1) is 0 Å². The predicted octanol–water partition coefficient (Wildman–Crippen LogP) is 15.6. The van der Waals surface area contributed by atoms with Gasteiger partial charge in [0.15, 0.2) is 0 Å². The quantitative estimate of drug-likeness (QED) is 0.135. The van der Waals surface area contributed by atoms with Crippen LogP contribution in [-0.2, 0) is 5.41 Å². The van der Waals surface area contributed by atoms with Crippen molar-refractivity contribution in [3.05, 3.63) is 277 Å². The number of hydrogen-bond acceptors (Lipinski definition) is 0. The summed E-state index contributed by atoms with van der Waals surface area (Å²) in [7, 11) is 0. The van der Waals surface area contributed by atoms with Crippen LogP contribution in [0.4, 0.5) is 0 Å². The molecule has 0 aliphatic rings. The van der Waals surface area contributed by atoms with E-state index in [4.69, 9.17) is 0 Å². The molecule has 296 valence electrons. The molecule has 0 saturated heterocycles. The Morgan fingerprint density at radius 1 is 0.206 bits per heavy atom. The maximum Gasteiger partial charge on any atom is 0.0701 e. The zero-order chi connectivity index (χ0) is 41.7. The molecular weight excluding hydrogens is 761 g/mol. The van der Waals surface area contributed by atoms with E-state index in [0.29, 0.717) is 0 Å². The first-order valence-electron chi connectivity index (χ1n) is 21.8. The van der Waals surface area contributed by atoms with Crippen LogP contribution in [0.3, 0.4) is 0 Å². The molecule has 2 nitrogen and oxygen atoms in total. The summed E-state index contributed by atoms with van der Waals surface area (Å²) in [4.78, 5) is 0. The zero-order valence-electron chi connectivity index (χ0n) is 34.6. The van der Waals surface area contributed by atoms with Crippen molar-refractivity contribution in [1.29, 1.82) is 0 Å². The standard InChI is InChI=1S/C61H42N2/c1-3-15-47(16-4-1)61(48-17-5-2-6-18-48,49-35-27-43(28-36-49)45-31-39-51(40-32-45)62-57-23-11-7-19-53(57)54-20-8-12-24-58(54)62)50-37-29-44(30-38-50)46-33-41-52(42-34-46)63-59-25-13-9-21-55(59)56-22-10-14-26-60(56)63/h1-42H. The largest absolute Gasteiger partial charge is 0.309 e. The number of fused-ring (bicyclic) bond motifs is 6. The van der Waals surface area contributed by atoms with E-state index in [-0.39, 0.29) is 0 Å². The van der Waals surface area contributed by atoms with Crippen LogP contribution >= 0.6 is 0 Å². The van der Waals surface area contributed by atoms with E-state index in [1.54, 1.807) is 0 Å². The highest BCUT2D eigenvalue weighted by molar-refractivity contribution is 6.10. The summed E-state index contributed by atoms with van der Waals surface area (Å²) < 4.78 is 4.75. The van der Waals surface area contributed by atoms with Crippen molar-refractivity contribution in [2.45, 2.75) is 5.41 Å². The minimum absolute atomic E-state index is 0.555. The second-order valence-corrected chi connectivity index (χ2v) is 16.5. The van der Waals surface area contributed by atoms with Crippen LogP contribution in [-0.4, -0.2) is 9.13 Å². The summed E-state index contributed by atoms with van der Waals surface area (Å²) in [5.74, 6) is 0. The number of hydrogen-bond donors (Lipinski definition) is 0. The molecule has 0 aliphatic carbocycles. The molecular formula is C61H42N2. The number of rotatable bonds is 8. The summed E-state index contributed by atoms with van der Waals surface area (Å²) in [6.07, 6.45) is 0. The van der Waals surface area contributed by atoms with Gasteiger partial charge in [-0.3, -0.25) is 0 Å². The van der Waals surface area contributed by atoms with Crippen molar-refractivity contribution in [1.82, 2.24) is 9.13 Å². The topological polar surface area (TPSA) is 9.86 Å². The third-order valence-electron chi connectivity index (χ3n) is 13.1. The van der Waals surface area contributed by atoms with Crippen molar-refractivity contribution >= 4 is 43.6 Å². The van der Waals surface area contributed by atoms with Crippen LogP contribution in [0.15, 0.2) is 255 Å². The average molecular weight is 803 g/mol. The van der Waals surface area contributed by atoms with Crippen LogP contribution < -0.4 is 0 Å². The molecule has 0 fully saturated rings. The first kappa shape index (κ1) is 36.6. The van der Waals surface area contributed by atoms with Gasteiger partial charge in [-0.25, -0.2) is 0 Å². The summed E-state index contributed by atoms with van der Waals surface area (Å²) in [6.45, 7) is 0. The number of para-hydroxylation sites is 4. The zero-order valence-corrected chi connectivity index (χ0v) is 34.6. The van der Waals surface area contributed by atoms with Gasteiger partial charge in [0.25, 0.3) is 0 Å². The van der Waals surface area contributed by atoms with E-state index in [1.165, 1.54) is 88.1 Å². The average Bonchev–Trinajstić information content (AvgIpc) is 3.89. The fourth-order valence-electron chi connectivity index (χ4n) is 10.2. The SMILES string of the molecule is c1ccc(C(c2ccccc2)(c2ccc(-c3ccc(-n4c5ccccc5c5ccccc54)cc3)cc2)c2ccc(-c3ccc(-n4c5ccccc5c5ccccc54)cc3)cc2)cc1. The van der Waals surface area contributed by atoms with E-state index in [1.807, 2.05) is 0 Å². The number of aromatic nitrogens is 2. The molecule has 0 spiro atoms. The summed E-state index contributed by atoms with van der Waals surface area (Å²) >= 11 is 0. The Morgan fingerprint density at radius 3 is 0.746 bits per heavy atom. The summed E-state index contributed by atoms with van der Waals surface area (Å²) in [5.41, 5.74) is 16.2. The molecule has 12 aromatic rings. The third-order valence-corrected chi connectivity index (χ3v) is 13.1. The van der Waals surface area contributed by atoms with E-state index in [9.17, 15) is 0 Å². The van der Waals surface area contributed by atoms with Crippen LogP contribution in [0.25, 0.3) is 77.2 Å². The normalized spacial score (nSPS) is 11.8. The Bertz CT molecular complexity index is 3210. The van der Waals surface area contributed by atoms with Gasteiger partial charge in [0.05, 0.1) is 27.5 Å². The van der Waals surface area contributed by atoms with Crippen molar-refractivity contribution in [3.8, 4) is 33.6 Å². The molecule has 0 unspecified atom stereocenters. The lowest BCUT2D eigenvalue weighted by Gasteiger charge is -2.37. The lowest BCUT2D eigenvalue weighted by Crippen LogP contribution is -2.31. The molecule has 2 heteroatoms. The Morgan fingerprint density at radius 2 is 0.444 bits per heavy atom. The molecule has 0 radical (unpaired) electrons. The van der Waals surface area contributed by atoms with E-state index in [0.717, 1.165) is 11.4 Å². The molecule has 0 bridgehead atoms. The predicted molar refractivity (Wildman–Crippen MR) is 264 cm³/mol. The maximum absolute atomic E-state index is 2.37. The van der Waals surface area contributed by atoms with Gasteiger partial charge in [0.1, 0.15) is 0 Å². The molecule has 63 heavy (non-hydrogen) atoms. The number of benzene rings is 10. The fraction of sp³-hybridized carbons (Fsp3) is 0.0164. The minimum atomic E-state index is -0.555. The summed E-state index contributed by atoms with van der Waals surface area (Å²) in [5, 5.41) is 5.08.